The summed E-state index contributed by atoms with van der Waals surface area (Å²) in [5, 5.41) is 3.56. The van der Waals surface area contributed by atoms with Crippen LogP contribution in [0.1, 0.15) is 66.2 Å². The average Bonchev–Trinajstić information content (AvgIpc) is 2.62. The largest absolute Gasteiger partial charge is 0.375 e. The first-order valence-corrected chi connectivity index (χ1v) is 7.87. The number of nitrogens with one attached hydrogen (secondary N) is 1. The molecule has 2 saturated carbocycles. The fourth-order valence-electron chi connectivity index (χ4n) is 4.17. The first kappa shape index (κ1) is 14.3. The molecule has 4 atom stereocenters. The van der Waals surface area contributed by atoms with Crippen molar-refractivity contribution in [3.8, 4) is 0 Å². The third-order valence-corrected chi connectivity index (χ3v) is 4.61. The van der Waals surface area contributed by atoms with Crippen LogP contribution < -0.4 is 5.32 Å². The SMILES string of the molecule is CCNC1CCC(OC2CC(C)CC(C)(C)C2)C1. The quantitative estimate of drug-likeness (QED) is 0.824. The lowest BCUT2D eigenvalue weighted by atomic mass is 9.71. The van der Waals surface area contributed by atoms with E-state index in [2.05, 4.69) is 33.0 Å². The van der Waals surface area contributed by atoms with Gasteiger partial charge in [-0.1, -0.05) is 27.7 Å². The number of hydrogen-bond acceptors (Lipinski definition) is 2. The summed E-state index contributed by atoms with van der Waals surface area (Å²) >= 11 is 0. The van der Waals surface area contributed by atoms with Crippen LogP contribution in [-0.4, -0.2) is 24.8 Å². The van der Waals surface area contributed by atoms with Crippen LogP contribution in [0, 0.1) is 11.3 Å². The van der Waals surface area contributed by atoms with Gasteiger partial charge in [0.1, 0.15) is 0 Å². The van der Waals surface area contributed by atoms with Crippen molar-refractivity contribution >= 4 is 0 Å². The molecule has 0 aromatic rings. The van der Waals surface area contributed by atoms with Gasteiger partial charge in [-0.25, -0.2) is 0 Å². The third kappa shape index (κ3) is 3.96. The summed E-state index contributed by atoms with van der Waals surface area (Å²) in [5.41, 5.74) is 0.474. The average molecular weight is 253 g/mol. The molecule has 2 aliphatic rings. The van der Waals surface area contributed by atoms with Crippen molar-refractivity contribution in [1.29, 1.82) is 0 Å². The van der Waals surface area contributed by atoms with Gasteiger partial charge >= 0.3 is 0 Å². The van der Waals surface area contributed by atoms with Crippen LogP contribution in [0.25, 0.3) is 0 Å². The summed E-state index contributed by atoms with van der Waals surface area (Å²) in [5.74, 6) is 0.824. The van der Waals surface area contributed by atoms with Gasteiger partial charge in [-0.2, -0.15) is 0 Å². The smallest absolute Gasteiger partial charge is 0.0594 e. The van der Waals surface area contributed by atoms with E-state index in [-0.39, 0.29) is 0 Å². The molecule has 2 heteroatoms. The molecule has 0 amide bonds. The lowest BCUT2D eigenvalue weighted by Gasteiger charge is -2.39. The lowest BCUT2D eigenvalue weighted by molar-refractivity contribution is -0.0629. The molecule has 0 spiro atoms. The zero-order valence-electron chi connectivity index (χ0n) is 12.7. The predicted octanol–water partition coefficient (Wildman–Crippen LogP) is 3.75. The van der Waals surface area contributed by atoms with Gasteiger partial charge < -0.3 is 10.1 Å². The van der Waals surface area contributed by atoms with Crippen LogP contribution in [0.15, 0.2) is 0 Å². The van der Waals surface area contributed by atoms with Gasteiger partial charge in [-0.05, 0) is 56.4 Å². The van der Waals surface area contributed by atoms with Crippen LogP contribution in [0.5, 0.6) is 0 Å². The van der Waals surface area contributed by atoms with Crippen molar-refractivity contribution in [2.24, 2.45) is 11.3 Å². The van der Waals surface area contributed by atoms with Gasteiger partial charge in [0, 0.05) is 6.04 Å². The van der Waals surface area contributed by atoms with E-state index in [1.165, 1.54) is 38.5 Å². The van der Waals surface area contributed by atoms with E-state index < -0.39 is 0 Å². The van der Waals surface area contributed by atoms with Crippen molar-refractivity contribution in [3.63, 3.8) is 0 Å². The van der Waals surface area contributed by atoms with E-state index in [0.29, 0.717) is 23.7 Å². The summed E-state index contributed by atoms with van der Waals surface area (Å²) in [7, 11) is 0. The van der Waals surface area contributed by atoms with E-state index in [0.717, 1.165) is 12.5 Å². The molecule has 1 N–H and O–H groups in total. The monoisotopic (exact) mass is 253 g/mol. The van der Waals surface area contributed by atoms with Gasteiger partial charge in [0.25, 0.3) is 0 Å². The molecule has 0 aliphatic heterocycles. The minimum absolute atomic E-state index is 0.474. The zero-order chi connectivity index (χ0) is 13.2. The Morgan fingerprint density at radius 2 is 1.89 bits per heavy atom. The summed E-state index contributed by atoms with van der Waals surface area (Å²) in [6.07, 6.45) is 8.67. The zero-order valence-corrected chi connectivity index (χ0v) is 12.7. The molecule has 2 aliphatic carbocycles. The molecule has 106 valence electrons. The Balaban J connectivity index is 1.79. The highest BCUT2D eigenvalue weighted by molar-refractivity contribution is 4.86. The number of ether oxygens (including phenoxy) is 1. The molecule has 0 aromatic heterocycles. The fourth-order valence-corrected chi connectivity index (χ4v) is 4.17. The molecule has 2 fully saturated rings. The van der Waals surface area contributed by atoms with Crippen LogP contribution in [0.3, 0.4) is 0 Å². The third-order valence-electron chi connectivity index (χ3n) is 4.61. The Bertz CT molecular complexity index is 264. The Morgan fingerprint density at radius 3 is 2.56 bits per heavy atom. The lowest BCUT2D eigenvalue weighted by Crippen LogP contribution is -2.35. The normalized spacial score (nSPS) is 40.0. The summed E-state index contributed by atoms with van der Waals surface area (Å²) in [4.78, 5) is 0. The topological polar surface area (TPSA) is 21.3 Å². The molecule has 0 radical (unpaired) electrons. The Labute approximate surface area is 113 Å². The maximum Gasteiger partial charge on any atom is 0.0594 e. The predicted molar refractivity (Wildman–Crippen MR) is 76.8 cm³/mol. The standard InChI is InChI=1S/C16H31NO/c1-5-17-13-6-7-14(9-13)18-15-8-12(2)10-16(3,4)11-15/h12-15,17H,5-11H2,1-4H3. The highest BCUT2D eigenvalue weighted by Gasteiger charge is 2.35. The highest BCUT2D eigenvalue weighted by atomic mass is 16.5. The van der Waals surface area contributed by atoms with Crippen LogP contribution in [0.4, 0.5) is 0 Å². The molecule has 4 unspecified atom stereocenters. The first-order chi connectivity index (χ1) is 8.48. The van der Waals surface area contributed by atoms with E-state index in [1.807, 2.05) is 0 Å². The van der Waals surface area contributed by atoms with Gasteiger partial charge in [0.2, 0.25) is 0 Å². The molecule has 0 heterocycles. The van der Waals surface area contributed by atoms with E-state index in [1.54, 1.807) is 0 Å². The van der Waals surface area contributed by atoms with Gasteiger partial charge in [0.05, 0.1) is 12.2 Å². The van der Waals surface area contributed by atoms with E-state index in [4.69, 9.17) is 4.74 Å². The molecule has 2 nitrogen and oxygen atoms in total. The molecule has 0 saturated heterocycles. The van der Waals surface area contributed by atoms with Gasteiger partial charge in [-0.3, -0.25) is 0 Å². The number of rotatable bonds is 4. The minimum Gasteiger partial charge on any atom is -0.375 e. The summed E-state index contributed by atoms with van der Waals surface area (Å²) in [6.45, 7) is 10.5. The Morgan fingerprint density at radius 1 is 1.11 bits per heavy atom. The molecule has 0 aromatic carbocycles. The van der Waals surface area contributed by atoms with Crippen LogP contribution in [0.2, 0.25) is 0 Å². The molecule has 0 bridgehead atoms. The Kier molecular flexibility index (Phi) is 4.71. The summed E-state index contributed by atoms with van der Waals surface area (Å²) in [6, 6.07) is 0.703. The van der Waals surface area contributed by atoms with E-state index >= 15 is 0 Å². The van der Waals surface area contributed by atoms with Gasteiger partial charge in [-0.15, -0.1) is 0 Å². The van der Waals surface area contributed by atoms with E-state index in [9.17, 15) is 0 Å². The maximum absolute atomic E-state index is 6.39. The minimum atomic E-state index is 0.474. The molecule has 18 heavy (non-hydrogen) atoms. The van der Waals surface area contributed by atoms with Crippen molar-refractivity contribution in [3.05, 3.63) is 0 Å². The van der Waals surface area contributed by atoms with Crippen molar-refractivity contribution in [2.75, 3.05) is 6.54 Å². The van der Waals surface area contributed by atoms with Crippen molar-refractivity contribution < 1.29 is 4.74 Å². The molecular weight excluding hydrogens is 222 g/mol. The van der Waals surface area contributed by atoms with Gasteiger partial charge in [0.15, 0.2) is 0 Å². The Hall–Kier alpha value is -0.0800. The first-order valence-electron chi connectivity index (χ1n) is 7.87. The van der Waals surface area contributed by atoms with Crippen LogP contribution in [-0.2, 0) is 4.74 Å². The molecular formula is C16H31NO. The highest BCUT2D eigenvalue weighted by Crippen LogP contribution is 2.40. The fraction of sp³-hybridized carbons (Fsp3) is 1.00. The van der Waals surface area contributed by atoms with Crippen molar-refractivity contribution in [2.45, 2.75) is 84.5 Å². The second-order valence-electron chi connectivity index (χ2n) is 7.36. The summed E-state index contributed by atoms with van der Waals surface area (Å²) < 4.78 is 6.39. The maximum atomic E-state index is 6.39. The van der Waals surface area contributed by atoms with Crippen molar-refractivity contribution in [1.82, 2.24) is 5.32 Å². The number of hydrogen-bond donors (Lipinski definition) is 1. The molecule has 2 rings (SSSR count). The second kappa shape index (κ2) is 5.92. The second-order valence-corrected chi connectivity index (χ2v) is 7.36. The van der Waals surface area contributed by atoms with Crippen LogP contribution >= 0.6 is 0 Å².